The number of carbonyl (C=O) groups excluding carboxylic acids is 1. The van der Waals surface area contributed by atoms with Crippen LogP contribution in [0.5, 0.6) is 0 Å². The Morgan fingerprint density at radius 1 is 0.977 bits per heavy atom. The van der Waals surface area contributed by atoms with E-state index in [1.165, 1.54) is 0 Å². The molecule has 1 amide bonds. The van der Waals surface area contributed by atoms with Gasteiger partial charge in [-0.05, 0) is 111 Å². The number of anilines is 1. The molecule has 6 fully saturated rings. The molecule has 0 unspecified atom stereocenters. The minimum Gasteiger partial charge on any atom is -0.339 e. The Morgan fingerprint density at radius 2 is 1.70 bits per heavy atom. The van der Waals surface area contributed by atoms with Crippen LogP contribution in [-0.4, -0.2) is 33.2 Å². The van der Waals surface area contributed by atoms with Crippen molar-refractivity contribution in [1.82, 2.24) is 15.1 Å². The Kier molecular flexibility index (Phi) is 5.94. The van der Waals surface area contributed by atoms with Crippen LogP contribution in [0.3, 0.4) is 0 Å². The number of nitrogens with zero attached hydrogens (tertiary/aromatic N) is 4. The van der Waals surface area contributed by atoms with Crippen molar-refractivity contribution in [3.05, 3.63) is 59.2 Å². The third kappa shape index (κ3) is 4.50. The summed E-state index contributed by atoms with van der Waals surface area (Å²) in [7, 11) is 0. The zero-order valence-corrected chi connectivity index (χ0v) is 24.9. The molecule has 6 nitrogen and oxygen atoms in total. The first-order chi connectivity index (χ1) is 20.6. The molecule has 0 spiro atoms. The van der Waals surface area contributed by atoms with Crippen molar-refractivity contribution in [3.8, 4) is 11.1 Å². The molecule has 4 aromatic rings. The number of hydrogen-bond donors (Lipinski definition) is 0. The standard InChI is InChI=1S/C33H33F3N4O2S/c1-20-37-24-6-5-22(14-25(24)43-20)21-3-2-4-23(13-21)40(26(41)15-31-16-33(36,17-31)18-31)19-30-7-10-32(11-8-30,12-9-30)29-38-28(27(34)35)39-42-29/h2-6,13-14,27H,7-12,15-19H2,1H3. The van der Waals surface area contributed by atoms with Crippen LogP contribution in [0.25, 0.3) is 21.3 Å². The van der Waals surface area contributed by atoms with E-state index in [1.54, 1.807) is 11.3 Å². The molecule has 224 valence electrons. The summed E-state index contributed by atoms with van der Waals surface area (Å²) in [5.74, 6) is -0.159. The highest BCUT2D eigenvalue weighted by Gasteiger charge is 2.69. The Bertz CT molecular complexity index is 1700. The van der Waals surface area contributed by atoms with E-state index < -0.39 is 17.9 Å². The maximum Gasteiger partial charge on any atom is 0.300 e. The number of aryl methyl sites for hydroxylation is 1. The second kappa shape index (κ2) is 9.36. The van der Waals surface area contributed by atoms with Crippen molar-refractivity contribution in [3.63, 3.8) is 0 Å². The van der Waals surface area contributed by atoms with Crippen molar-refractivity contribution in [1.29, 1.82) is 0 Å². The Balaban J connectivity index is 1.07. The molecular formula is C33H33F3N4O2S. The zero-order valence-electron chi connectivity index (χ0n) is 24.0. The predicted molar refractivity (Wildman–Crippen MR) is 158 cm³/mol. The molecule has 6 aliphatic carbocycles. The van der Waals surface area contributed by atoms with E-state index in [0.717, 1.165) is 70.6 Å². The minimum atomic E-state index is -2.75. The van der Waals surface area contributed by atoms with E-state index >= 15 is 0 Å². The normalized spacial score (nSPS) is 30.8. The number of thiazole rings is 1. The van der Waals surface area contributed by atoms with Crippen LogP contribution in [-0.2, 0) is 10.2 Å². The van der Waals surface area contributed by atoms with E-state index in [9.17, 15) is 18.0 Å². The highest BCUT2D eigenvalue weighted by atomic mass is 32.1. The van der Waals surface area contributed by atoms with Crippen molar-refractivity contribution < 1.29 is 22.5 Å². The van der Waals surface area contributed by atoms with Crippen molar-refractivity contribution in [2.75, 3.05) is 11.4 Å². The molecule has 2 aromatic carbocycles. The molecule has 6 aliphatic rings. The van der Waals surface area contributed by atoms with Crippen LogP contribution in [0.2, 0.25) is 0 Å². The number of rotatable bonds is 8. The monoisotopic (exact) mass is 606 g/mol. The first-order valence-corrected chi connectivity index (χ1v) is 16.0. The summed E-state index contributed by atoms with van der Waals surface area (Å²) in [5, 5.41) is 4.54. The lowest BCUT2D eigenvalue weighted by Gasteiger charge is -2.66. The van der Waals surface area contributed by atoms with Gasteiger partial charge in [-0.1, -0.05) is 23.4 Å². The summed E-state index contributed by atoms with van der Waals surface area (Å²) >= 11 is 1.67. The number of aromatic nitrogens is 3. The van der Waals surface area contributed by atoms with E-state index in [0.29, 0.717) is 38.1 Å². The van der Waals surface area contributed by atoms with E-state index in [-0.39, 0.29) is 22.2 Å². The molecule has 10 heteroatoms. The quantitative estimate of drug-likeness (QED) is 0.201. The third-order valence-electron chi connectivity index (χ3n) is 10.9. The molecule has 6 saturated carbocycles. The Morgan fingerprint density at radius 3 is 2.37 bits per heavy atom. The largest absolute Gasteiger partial charge is 0.339 e. The summed E-state index contributed by atoms with van der Waals surface area (Å²) < 4.78 is 47.2. The van der Waals surface area contributed by atoms with E-state index in [1.807, 2.05) is 30.0 Å². The number of fused-ring (bicyclic) bond motifs is 4. The molecule has 0 aliphatic heterocycles. The lowest BCUT2D eigenvalue weighted by molar-refractivity contribution is -0.215. The number of alkyl halides is 3. The average molecular weight is 607 g/mol. The van der Waals surface area contributed by atoms with Crippen molar-refractivity contribution in [2.24, 2.45) is 10.8 Å². The number of halogens is 3. The molecule has 2 heterocycles. The Hall–Kier alpha value is -3.27. The van der Waals surface area contributed by atoms with Gasteiger partial charge in [0.15, 0.2) is 0 Å². The predicted octanol–water partition coefficient (Wildman–Crippen LogP) is 8.50. The maximum atomic E-state index is 14.4. The molecule has 43 heavy (non-hydrogen) atoms. The molecule has 0 atom stereocenters. The summed E-state index contributed by atoms with van der Waals surface area (Å²) in [6.45, 7) is 2.59. The third-order valence-corrected chi connectivity index (χ3v) is 11.8. The summed E-state index contributed by atoms with van der Waals surface area (Å²) in [6, 6.07) is 14.5. The van der Waals surface area contributed by atoms with Crippen molar-refractivity contribution in [2.45, 2.75) is 88.6 Å². The van der Waals surface area contributed by atoms with Gasteiger partial charge in [-0.15, -0.1) is 11.3 Å². The van der Waals surface area contributed by atoms with Gasteiger partial charge in [0.1, 0.15) is 5.67 Å². The smallest absolute Gasteiger partial charge is 0.300 e. The zero-order chi connectivity index (χ0) is 29.6. The van der Waals surface area contributed by atoms with Crippen LogP contribution in [0, 0.1) is 17.8 Å². The fourth-order valence-corrected chi connectivity index (χ4v) is 9.42. The second-order valence-electron chi connectivity index (χ2n) is 13.8. The molecule has 0 N–H and O–H groups in total. The molecule has 4 bridgehead atoms. The summed E-state index contributed by atoms with van der Waals surface area (Å²) in [5.41, 5.74) is 2.26. The number of amides is 1. The second-order valence-corrected chi connectivity index (χ2v) is 15.1. The van der Waals surface area contributed by atoms with Gasteiger partial charge in [0.25, 0.3) is 0 Å². The molecule has 0 radical (unpaired) electrons. The first-order valence-electron chi connectivity index (χ1n) is 15.2. The summed E-state index contributed by atoms with van der Waals surface area (Å²) in [6.07, 6.45) is 3.94. The highest BCUT2D eigenvalue weighted by molar-refractivity contribution is 7.18. The number of benzene rings is 2. The number of hydrogen-bond acceptors (Lipinski definition) is 6. The van der Waals surface area contributed by atoms with Gasteiger partial charge < -0.3 is 9.42 Å². The van der Waals surface area contributed by atoms with Crippen molar-refractivity contribution >= 4 is 33.1 Å². The first kappa shape index (κ1) is 27.3. The SMILES string of the molecule is Cc1nc2ccc(-c3cccc(N(CC45CCC(c6nc(C(F)F)no6)(CC4)CC5)C(=O)CC45CC(F)(C4)C5)c3)cc2s1. The Labute approximate surface area is 251 Å². The van der Waals surface area contributed by atoms with E-state index in [2.05, 4.69) is 39.4 Å². The van der Waals surface area contributed by atoms with Crippen LogP contribution in [0.4, 0.5) is 18.9 Å². The average Bonchev–Trinajstić information content (AvgIpc) is 3.62. The fourth-order valence-electron chi connectivity index (χ4n) is 8.56. The van der Waals surface area contributed by atoms with Gasteiger partial charge >= 0.3 is 6.43 Å². The van der Waals surface area contributed by atoms with Crippen LogP contribution >= 0.6 is 11.3 Å². The van der Waals surface area contributed by atoms with Gasteiger partial charge in [-0.3, -0.25) is 4.79 Å². The van der Waals surface area contributed by atoms with Gasteiger partial charge in [0, 0.05) is 24.1 Å². The lowest BCUT2D eigenvalue weighted by Crippen LogP contribution is -2.65. The van der Waals surface area contributed by atoms with Crippen LogP contribution in [0.15, 0.2) is 47.0 Å². The lowest BCUT2D eigenvalue weighted by atomic mass is 9.41. The van der Waals surface area contributed by atoms with Gasteiger partial charge in [-0.25, -0.2) is 18.2 Å². The van der Waals surface area contributed by atoms with Gasteiger partial charge in [-0.2, -0.15) is 4.98 Å². The topological polar surface area (TPSA) is 72.1 Å². The van der Waals surface area contributed by atoms with Crippen LogP contribution < -0.4 is 4.90 Å². The maximum absolute atomic E-state index is 14.4. The minimum absolute atomic E-state index is 0.0581. The molecular weight excluding hydrogens is 573 g/mol. The highest BCUT2D eigenvalue weighted by Crippen LogP contribution is 2.71. The molecule has 2 aromatic heterocycles. The van der Waals surface area contributed by atoms with Crippen LogP contribution in [0.1, 0.15) is 87.4 Å². The van der Waals surface area contributed by atoms with E-state index in [4.69, 9.17) is 4.52 Å². The molecule has 0 saturated heterocycles. The fraction of sp³-hybridized carbons (Fsp3) is 0.515. The van der Waals surface area contributed by atoms with Gasteiger partial charge in [0.05, 0.1) is 15.2 Å². The number of carbonyl (C=O) groups is 1. The van der Waals surface area contributed by atoms with Gasteiger partial charge in [0.2, 0.25) is 17.6 Å². The molecule has 10 rings (SSSR count). The summed E-state index contributed by atoms with van der Waals surface area (Å²) in [4.78, 5) is 24.7.